The van der Waals surface area contributed by atoms with Crippen molar-refractivity contribution in [2.45, 2.75) is 32.4 Å². The summed E-state index contributed by atoms with van der Waals surface area (Å²) < 4.78 is 10.5. The molecule has 0 bridgehead atoms. The maximum atomic E-state index is 13.0. The van der Waals surface area contributed by atoms with Gasteiger partial charge in [-0.1, -0.05) is 91.0 Å². The van der Waals surface area contributed by atoms with Crippen LogP contribution >= 0.6 is 0 Å². The Morgan fingerprint density at radius 3 is 1.58 bits per heavy atom. The fourth-order valence-electron chi connectivity index (χ4n) is 8.49. The van der Waals surface area contributed by atoms with E-state index in [0.717, 1.165) is 49.5 Å². The zero-order valence-electron chi connectivity index (χ0n) is 36.0. The van der Waals surface area contributed by atoms with Crippen LogP contribution in [0.2, 0.25) is 0 Å². The van der Waals surface area contributed by atoms with E-state index in [0.29, 0.717) is 71.8 Å². The molecular weight excluding hydrogens is 849 g/mol. The van der Waals surface area contributed by atoms with Gasteiger partial charge < -0.3 is 19.0 Å². The van der Waals surface area contributed by atoms with Crippen LogP contribution in [0.25, 0.3) is 11.3 Å². The number of ether oxygens (including phenoxy) is 1. The number of hydroxylamine groups is 4. The van der Waals surface area contributed by atoms with E-state index in [1.165, 1.54) is 0 Å². The Hall–Kier alpha value is -8.46. The lowest BCUT2D eigenvalue weighted by Crippen LogP contribution is -2.31. The van der Waals surface area contributed by atoms with Crippen LogP contribution in [0.3, 0.4) is 0 Å². The van der Waals surface area contributed by atoms with Crippen LogP contribution in [0.1, 0.15) is 75.2 Å². The maximum absolute atomic E-state index is 13.0. The predicted molar refractivity (Wildman–Crippen MR) is 245 cm³/mol. The topological polar surface area (TPSA) is 158 Å². The number of hydrogen-bond donors (Lipinski definition) is 1. The first-order valence-corrected chi connectivity index (χ1v) is 21.7. The number of imide groups is 2. The molecule has 8 aromatic rings. The van der Waals surface area contributed by atoms with E-state index in [9.17, 15) is 24.3 Å². The minimum Gasteiger partial charge on any atom is -0.508 e. The maximum Gasteiger partial charge on any atom is 0.285 e. The normalized spacial score (nSPS) is 13.1. The quantitative estimate of drug-likeness (QED) is 0.0880. The molecule has 0 spiro atoms. The molecule has 2 aliphatic rings. The van der Waals surface area contributed by atoms with Crippen molar-refractivity contribution in [3.8, 4) is 28.5 Å². The van der Waals surface area contributed by atoms with Crippen molar-refractivity contribution in [1.29, 1.82) is 0 Å². The average molecular weight is 891 g/mol. The van der Waals surface area contributed by atoms with Crippen LogP contribution in [0, 0.1) is 0 Å². The van der Waals surface area contributed by atoms with Gasteiger partial charge in [-0.25, -0.2) is 9.97 Å². The van der Waals surface area contributed by atoms with Gasteiger partial charge in [-0.05, 0) is 77.4 Å². The largest absolute Gasteiger partial charge is 0.508 e. The fraction of sp³-hybridized carbons (Fsp3) is 0.132. The van der Waals surface area contributed by atoms with E-state index in [-0.39, 0.29) is 19.0 Å². The van der Waals surface area contributed by atoms with Crippen molar-refractivity contribution in [3.63, 3.8) is 0 Å². The van der Waals surface area contributed by atoms with Gasteiger partial charge in [0.2, 0.25) is 0 Å². The lowest BCUT2D eigenvalue weighted by Gasteiger charge is -2.16. The molecule has 0 unspecified atom stereocenters. The van der Waals surface area contributed by atoms with Crippen molar-refractivity contribution >= 4 is 23.6 Å². The molecule has 1 N–H and O–H groups in total. The third kappa shape index (κ3) is 8.86. The zero-order valence-corrected chi connectivity index (χ0v) is 36.0. The van der Waals surface area contributed by atoms with E-state index < -0.39 is 23.6 Å². The number of phenolic OH excluding ortho intramolecular Hbond substituents is 1. The molecule has 4 heterocycles. The average Bonchev–Trinajstić information content (AvgIpc) is 4.05. The third-order valence-corrected chi connectivity index (χ3v) is 11.7. The number of fused-ring (bicyclic) bond motifs is 2. The van der Waals surface area contributed by atoms with Gasteiger partial charge in [0.05, 0.1) is 59.5 Å². The summed E-state index contributed by atoms with van der Waals surface area (Å²) in [5, 5.41) is 11.8. The predicted octanol–water partition coefficient (Wildman–Crippen LogP) is 8.47. The van der Waals surface area contributed by atoms with Gasteiger partial charge in [0.25, 0.3) is 23.6 Å². The van der Waals surface area contributed by atoms with E-state index in [1.54, 1.807) is 79.4 Å². The first-order valence-electron chi connectivity index (χ1n) is 21.7. The number of rotatable bonds is 17. The molecule has 10 rings (SSSR count). The Morgan fingerprint density at radius 2 is 0.970 bits per heavy atom. The van der Waals surface area contributed by atoms with Gasteiger partial charge in [-0.3, -0.25) is 28.9 Å². The lowest BCUT2D eigenvalue weighted by atomic mass is 10.1. The van der Waals surface area contributed by atoms with Gasteiger partial charge in [0.1, 0.15) is 17.2 Å². The van der Waals surface area contributed by atoms with E-state index in [4.69, 9.17) is 24.4 Å². The van der Waals surface area contributed by atoms with Crippen LogP contribution in [0.4, 0.5) is 0 Å². The zero-order chi connectivity index (χ0) is 45.9. The van der Waals surface area contributed by atoms with Gasteiger partial charge in [0, 0.05) is 49.3 Å². The standard InChI is InChI=1S/C53H42N6O8/c60-39-16-8-13-36(27-39)31-57-34-55-49(48(57)24-26-66-59-52(63)44-21-6-7-22-45(44)53(59)64)38-15-10-18-41(30-38)67-40-17-9-14-37(28-40)32-56-33-54-46(29-35-11-2-1-3-12-35)47(56)23-25-65-58-50(61)42-19-4-5-20-43(42)51(58)62/h1-22,27-28,30,33-34,60H,23-26,29,31-32H2. The molecule has 14 nitrogen and oxygen atoms in total. The first kappa shape index (κ1) is 42.5. The first-order chi connectivity index (χ1) is 32.8. The monoisotopic (exact) mass is 890 g/mol. The molecule has 67 heavy (non-hydrogen) atoms. The van der Waals surface area contributed by atoms with Crippen molar-refractivity contribution in [1.82, 2.24) is 29.2 Å². The number of imidazole rings is 2. The second kappa shape index (κ2) is 18.6. The summed E-state index contributed by atoms with van der Waals surface area (Å²) >= 11 is 0. The number of benzene rings is 6. The molecular formula is C53H42N6O8. The molecule has 0 atom stereocenters. The summed E-state index contributed by atoms with van der Waals surface area (Å²) in [5.41, 5.74) is 8.14. The van der Waals surface area contributed by atoms with E-state index in [2.05, 4.69) is 4.57 Å². The molecule has 0 fully saturated rings. The molecule has 4 amide bonds. The summed E-state index contributed by atoms with van der Waals surface area (Å²) in [7, 11) is 0. The van der Waals surface area contributed by atoms with Crippen molar-refractivity contribution in [3.05, 3.63) is 220 Å². The molecule has 332 valence electrons. The molecule has 14 heteroatoms. The number of nitrogens with zero attached hydrogens (tertiary/aromatic N) is 6. The number of amides is 4. The van der Waals surface area contributed by atoms with Crippen molar-refractivity contribution in [2.24, 2.45) is 0 Å². The summed E-state index contributed by atoms with van der Waals surface area (Å²) in [5.74, 6) is -0.641. The summed E-state index contributed by atoms with van der Waals surface area (Å²) in [6, 6.07) is 45.7. The minimum atomic E-state index is -0.506. The highest BCUT2D eigenvalue weighted by molar-refractivity contribution is 6.21. The van der Waals surface area contributed by atoms with E-state index >= 15 is 0 Å². The molecule has 0 radical (unpaired) electrons. The molecule has 2 aromatic heterocycles. The number of carbonyl (C=O) groups excluding carboxylic acids is 4. The second-order valence-electron chi connectivity index (χ2n) is 16.1. The van der Waals surface area contributed by atoms with Gasteiger partial charge >= 0.3 is 0 Å². The third-order valence-electron chi connectivity index (χ3n) is 11.7. The highest BCUT2D eigenvalue weighted by Crippen LogP contribution is 2.31. The number of carbonyl (C=O) groups is 4. The second-order valence-corrected chi connectivity index (χ2v) is 16.1. The number of hydrogen-bond acceptors (Lipinski definition) is 10. The molecule has 0 saturated heterocycles. The molecule has 2 aliphatic heterocycles. The Morgan fingerprint density at radius 1 is 0.478 bits per heavy atom. The van der Waals surface area contributed by atoms with Gasteiger partial charge in [-0.2, -0.15) is 0 Å². The summed E-state index contributed by atoms with van der Waals surface area (Å²) in [4.78, 5) is 73.4. The Kier molecular flexibility index (Phi) is 11.8. The SMILES string of the molecule is O=C1c2ccccc2C(=O)N1OCCc1c(Cc2ccccc2)ncn1Cc1cccc(Oc2cccc(-c3ncn(Cc4cccc(O)c4)c3CCON3C(=O)c4ccccc4C3=O)c2)c1. The van der Waals surface area contributed by atoms with Crippen LogP contribution in [-0.2, 0) is 42.0 Å². The van der Waals surface area contributed by atoms with Crippen LogP contribution in [0.15, 0.2) is 164 Å². The molecule has 6 aromatic carbocycles. The number of phenols is 1. The van der Waals surface area contributed by atoms with Crippen LogP contribution in [0.5, 0.6) is 17.2 Å². The Labute approximate surface area is 384 Å². The van der Waals surface area contributed by atoms with Crippen molar-refractivity contribution < 1.29 is 38.7 Å². The fourth-order valence-corrected chi connectivity index (χ4v) is 8.49. The highest BCUT2D eigenvalue weighted by Gasteiger charge is 2.37. The van der Waals surface area contributed by atoms with Crippen LogP contribution < -0.4 is 4.74 Å². The molecule has 0 aliphatic carbocycles. The Bertz CT molecular complexity index is 3110. The lowest BCUT2D eigenvalue weighted by molar-refractivity contribution is -0.0906. The molecule has 0 saturated carbocycles. The van der Waals surface area contributed by atoms with Crippen molar-refractivity contribution in [2.75, 3.05) is 13.2 Å². The summed E-state index contributed by atoms with van der Waals surface area (Å²) in [6.07, 6.45) is 4.80. The number of aromatic hydroxyl groups is 1. The minimum absolute atomic E-state index is 0.0131. The highest BCUT2D eigenvalue weighted by atomic mass is 16.7. The smallest absolute Gasteiger partial charge is 0.285 e. The Balaban J connectivity index is 0.861. The van der Waals surface area contributed by atoms with E-state index in [1.807, 2.05) is 89.5 Å². The van der Waals surface area contributed by atoms with Crippen LogP contribution in [-0.4, -0.2) is 71.2 Å². The van der Waals surface area contributed by atoms with Gasteiger partial charge in [0.15, 0.2) is 0 Å². The number of aromatic nitrogens is 4. The van der Waals surface area contributed by atoms with Gasteiger partial charge in [-0.15, -0.1) is 10.1 Å². The summed E-state index contributed by atoms with van der Waals surface area (Å²) in [6.45, 7) is 0.954.